The van der Waals surface area contributed by atoms with Gasteiger partial charge in [-0.2, -0.15) is 5.10 Å². The van der Waals surface area contributed by atoms with Gasteiger partial charge in [-0.1, -0.05) is 0 Å². The van der Waals surface area contributed by atoms with Gasteiger partial charge in [-0.3, -0.25) is 14.3 Å². The van der Waals surface area contributed by atoms with E-state index in [1.807, 2.05) is 36.9 Å². The van der Waals surface area contributed by atoms with Crippen LogP contribution in [0.15, 0.2) is 12.4 Å². The summed E-state index contributed by atoms with van der Waals surface area (Å²) in [4.78, 5) is 29.0. The number of amides is 2. The van der Waals surface area contributed by atoms with Crippen molar-refractivity contribution < 1.29 is 9.59 Å². The zero-order valence-corrected chi connectivity index (χ0v) is 16.4. The van der Waals surface area contributed by atoms with Crippen LogP contribution in [0.5, 0.6) is 0 Å². The Hall–Kier alpha value is -1.60. The van der Waals surface area contributed by atoms with Crippen molar-refractivity contribution in [1.82, 2.24) is 24.9 Å². The summed E-state index contributed by atoms with van der Waals surface area (Å²) in [6.45, 7) is 6.77. The van der Waals surface area contributed by atoms with Gasteiger partial charge in [0.2, 0.25) is 11.8 Å². The van der Waals surface area contributed by atoms with Crippen molar-refractivity contribution in [2.75, 3.05) is 33.2 Å². The van der Waals surface area contributed by atoms with Crippen LogP contribution in [0.25, 0.3) is 0 Å². The third-order valence-corrected chi connectivity index (χ3v) is 4.82. The molecule has 1 unspecified atom stereocenters. The monoisotopic (exact) mass is 371 g/mol. The summed E-state index contributed by atoms with van der Waals surface area (Å²) >= 11 is 0. The molecule has 1 aliphatic rings. The summed E-state index contributed by atoms with van der Waals surface area (Å²) in [6.07, 6.45) is 5.06. The smallest absolute Gasteiger partial charge is 0.244 e. The Bertz CT molecular complexity index is 565. The molecule has 25 heavy (non-hydrogen) atoms. The molecular weight excluding hydrogens is 342 g/mol. The minimum atomic E-state index is -0.381. The Morgan fingerprint density at radius 2 is 1.92 bits per heavy atom. The van der Waals surface area contributed by atoms with Crippen LogP contribution in [0, 0.1) is 5.92 Å². The Morgan fingerprint density at radius 3 is 2.36 bits per heavy atom. The van der Waals surface area contributed by atoms with Gasteiger partial charge >= 0.3 is 0 Å². The highest BCUT2D eigenvalue weighted by molar-refractivity contribution is 5.85. The number of rotatable bonds is 6. The van der Waals surface area contributed by atoms with E-state index >= 15 is 0 Å². The number of nitrogens with zero attached hydrogens (tertiary/aromatic N) is 4. The lowest BCUT2D eigenvalue weighted by atomic mass is 9.94. The first-order valence-corrected chi connectivity index (χ1v) is 8.75. The number of aryl methyl sites for hydroxylation is 1. The predicted molar refractivity (Wildman–Crippen MR) is 99.5 cm³/mol. The number of aromatic nitrogens is 2. The van der Waals surface area contributed by atoms with Crippen LogP contribution in [0.2, 0.25) is 0 Å². The number of nitrogens with one attached hydrogen (secondary N) is 1. The Kier molecular flexibility index (Phi) is 8.38. The van der Waals surface area contributed by atoms with E-state index < -0.39 is 0 Å². The van der Waals surface area contributed by atoms with Crippen LogP contribution >= 0.6 is 12.4 Å². The van der Waals surface area contributed by atoms with E-state index in [0.717, 1.165) is 31.5 Å². The van der Waals surface area contributed by atoms with Crippen molar-refractivity contribution in [3.63, 3.8) is 0 Å². The summed E-state index contributed by atoms with van der Waals surface area (Å²) in [5, 5.41) is 7.22. The van der Waals surface area contributed by atoms with Gasteiger partial charge in [0.15, 0.2) is 0 Å². The van der Waals surface area contributed by atoms with Crippen LogP contribution < -0.4 is 5.32 Å². The van der Waals surface area contributed by atoms with Crippen molar-refractivity contribution >= 4 is 24.2 Å². The number of carbonyl (C=O) groups is 2. The lowest BCUT2D eigenvalue weighted by Gasteiger charge is -2.35. The molecule has 2 amide bonds. The zero-order chi connectivity index (χ0) is 17.7. The highest BCUT2D eigenvalue weighted by Gasteiger charge is 2.32. The van der Waals surface area contributed by atoms with Gasteiger partial charge in [-0.25, -0.2) is 0 Å². The number of halogens is 1. The predicted octanol–water partition coefficient (Wildman–Crippen LogP) is 1.21. The molecule has 7 nitrogen and oxygen atoms in total. The fourth-order valence-corrected chi connectivity index (χ4v) is 3.34. The Balaban J connectivity index is 0.00000312. The summed E-state index contributed by atoms with van der Waals surface area (Å²) in [5.74, 6) is 0.323. The molecule has 2 heterocycles. The molecule has 142 valence electrons. The largest absolute Gasteiger partial charge is 0.343 e. The van der Waals surface area contributed by atoms with E-state index in [4.69, 9.17) is 0 Å². The summed E-state index contributed by atoms with van der Waals surface area (Å²) in [6, 6.07) is -0.381. The first-order chi connectivity index (χ1) is 11.5. The van der Waals surface area contributed by atoms with E-state index in [2.05, 4.69) is 10.4 Å². The molecule has 1 atom stereocenters. The molecule has 0 saturated carbocycles. The third-order valence-electron chi connectivity index (χ3n) is 4.82. The van der Waals surface area contributed by atoms with Crippen LogP contribution in [0.1, 0.15) is 38.3 Å². The molecule has 2 rings (SSSR count). The van der Waals surface area contributed by atoms with Gasteiger partial charge in [0.05, 0.1) is 6.20 Å². The van der Waals surface area contributed by atoms with Crippen LogP contribution in [0.3, 0.4) is 0 Å². The molecule has 0 radical (unpaired) electrons. The average Bonchev–Trinajstić information content (AvgIpc) is 3.02. The fourth-order valence-electron chi connectivity index (χ4n) is 3.34. The van der Waals surface area contributed by atoms with Crippen molar-refractivity contribution in [3.05, 3.63) is 18.0 Å². The highest BCUT2D eigenvalue weighted by Crippen LogP contribution is 2.23. The maximum absolute atomic E-state index is 12.8. The molecular formula is C17H30ClN5O2. The van der Waals surface area contributed by atoms with Gasteiger partial charge in [-0.15, -0.1) is 12.4 Å². The van der Waals surface area contributed by atoms with E-state index in [1.54, 1.807) is 17.9 Å². The first kappa shape index (κ1) is 21.4. The molecule has 1 fully saturated rings. The molecule has 0 spiro atoms. The first-order valence-electron chi connectivity index (χ1n) is 8.75. The second-order valence-corrected chi connectivity index (χ2v) is 6.28. The lowest BCUT2D eigenvalue weighted by Crippen LogP contribution is -2.47. The minimum Gasteiger partial charge on any atom is -0.343 e. The van der Waals surface area contributed by atoms with Gasteiger partial charge in [0, 0.05) is 50.9 Å². The zero-order valence-electron chi connectivity index (χ0n) is 15.6. The topological polar surface area (TPSA) is 70.5 Å². The molecule has 0 bridgehead atoms. The number of carbonyl (C=O) groups excluding carboxylic acids is 2. The van der Waals surface area contributed by atoms with Crippen molar-refractivity contribution in [2.24, 2.45) is 13.0 Å². The normalized spacial score (nSPS) is 16.2. The number of likely N-dealkylation sites (tertiary alicyclic amines) is 1. The molecule has 0 aliphatic carbocycles. The van der Waals surface area contributed by atoms with Gasteiger partial charge in [-0.05, 0) is 33.7 Å². The molecule has 8 heteroatoms. The summed E-state index contributed by atoms with van der Waals surface area (Å²) in [7, 11) is 3.62. The van der Waals surface area contributed by atoms with Crippen LogP contribution in [-0.2, 0) is 16.6 Å². The van der Waals surface area contributed by atoms with E-state index in [-0.39, 0.29) is 36.2 Å². The molecule has 1 aromatic rings. The molecule has 1 saturated heterocycles. The van der Waals surface area contributed by atoms with E-state index in [1.165, 1.54) is 0 Å². The molecule has 1 aromatic heterocycles. The number of likely N-dealkylation sites (N-methyl/N-ethyl adjacent to an activating group) is 1. The van der Waals surface area contributed by atoms with Crippen molar-refractivity contribution in [3.8, 4) is 0 Å². The highest BCUT2D eigenvalue weighted by atomic mass is 35.5. The summed E-state index contributed by atoms with van der Waals surface area (Å²) < 4.78 is 1.70. The SMILES string of the molecule is CCN(CC)C(=O)C1CCN(C(=O)C(NC)c2cnn(C)c2)CC1.Cl. The number of hydrogen-bond acceptors (Lipinski definition) is 4. The maximum Gasteiger partial charge on any atom is 0.244 e. The Morgan fingerprint density at radius 1 is 1.32 bits per heavy atom. The molecule has 0 aromatic carbocycles. The summed E-state index contributed by atoms with van der Waals surface area (Å²) in [5.41, 5.74) is 0.867. The van der Waals surface area contributed by atoms with E-state index in [0.29, 0.717) is 13.1 Å². The van der Waals surface area contributed by atoms with Crippen molar-refractivity contribution in [2.45, 2.75) is 32.7 Å². The van der Waals surface area contributed by atoms with Crippen LogP contribution in [0.4, 0.5) is 0 Å². The van der Waals surface area contributed by atoms with Crippen LogP contribution in [-0.4, -0.2) is 64.6 Å². The lowest BCUT2D eigenvalue weighted by molar-refractivity contribution is -0.141. The maximum atomic E-state index is 12.8. The average molecular weight is 372 g/mol. The quantitative estimate of drug-likeness (QED) is 0.816. The fraction of sp³-hybridized carbons (Fsp3) is 0.706. The third kappa shape index (κ3) is 4.95. The molecule has 1 N–H and O–H groups in total. The number of hydrogen-bond donors (Lipinski definition) is 1. The molecule has 1 aliphatic heterocycles. The second kappa shape index (κ2) is 9.77. The minimum absolute atomic E-state index is 0. The standard InChI is InChI=1S/C17H29N5O2.ClH/c1-5-21(6-2)16(23)13-7-9-22(10-8-13)17(24)15(18-3)14-11-19-20(4)12-14;/h11-13,15,18H,5-10H2,1-4H3;1H. The van der Waals surface area contributed by atoms with Crippen molar-refractivity contribution in [1.29, 1.82) is 0 Å². The van der Waals surface area contributed by atoms with Gasteiger partial charge in [0.1, 0.15) is 6.04 Å². The van der Waals surface area contributed by atoms with Gasteiger partial charge in [0.25, 0.3) is 0 Å². The number of piperidine rings is 1. The van der Waals surface area contributed by atoms with E-state index in [9.17, 15) is 9.59 Å². The second-order valence-electron chi connectivity index (χ2n) is 6.28. The van der Waals surface area contributed by atoms with Gasteiger partial charge < -0.3 is 15.1 Å². The Labute approximate surface area is 156 Å².